The number of rotatable bonds is 6. The monoisotopic (exact) mass is 291 g/mol. The molecule has 0 amide bonds. The van der Waals surface area contributed by atoms with Crippen molar-refractivity contribution in [3.8, 4) is 11.3 Å². The van der Waals surface area contributed by atoms with E-state index in [1.54, 1.807) is 4.68 Å². The minimum Gasteiger partial charge on any atom is -0.373 e. The molecule has 0 aromatic carbocycles. The molecule has 0 fully saturated rings. The number of hydrogen-bond donors (Lipinski definition) is 1. The van der Waals surface area contributed by atoms with Crippen molar-refractivity contribution in [1.82, 2.24) is 19.7 Å². The maximum atomic E-state index is 4.65. The minimum absolute atomic E-state index is 0.624. The van der Waals surface area contributed by atoms with E-state index in [2.05, 4.69) is 34.2 Å². The Kier molecular flexibility index (Phi) is 5.00. The maximum absolute atomic E-state index is 4.65. The van der Waals surface area contributed by atoms with Crippen LogP contribution in [-0.4, -0.2) is 32.0 Å². The lowest BCUT2D eigenvalue weighted by molar-refractivity contribution is 0.768. The molecule has 0 bridgehead atoms. The van der Waals surface area contributed by atoms with Gasteiger partial charge in [0.15, 0.2) is 0 Å². The topological polar surface area (TPSA) is 55.6 Å². The summed E-state index contributed by atoms with van der Waals surface area (Å²) < 4.78 is 1.78. The average molecular weight is 291 g/mol. The molecule has 2 aromatic rings. The standard InChI is InChI=1S/C14H21N5S/c1-5-10(2)20-9-14-17-12(6-13(15-3)18-14)11-7-16-19(4)8-11/h6-8,10H,5,9H2,1-4H3,(H,15,17,18). The number of hydrogen-bond acceptors (Lipinski definition) is 5. The van der Waals surface area contributed by atoms with Gasteiger partial charge in [0.05, 0.1) is 17.6 Å². The summed E-state index contributed by atoms with van der Waals surface area (Å²) in [7, 11) is 3.78. The second-order valence-corrected chi connectivity index (χ2v) is 6.16. The van der Waals surface area contributed by atoms with Crippen LogP contribution in [0.5, 0.6) is 0 Å². The van der Waals surface area contributed by atoms with Crippen molar-refractivity contribution in [3.05, 3.63) is 24.3 Å². The summed E-state index contributed by atoms with van der Waals surface area (Å²) >= 11 is 1.88. The number of anilines is 1. The quantitative estimate of drug-likeness (QED) is 0.887. The van der Waals surface area contributed by atoms with Crippen LogP contribution in [0.25, 0.3) is 11.3 Å². The van der Waals surface area contributed by atoms with Crippen molar-refractivity contribution < 1.29 is 0 Å². The van der Waals surface area contributed by atoms with Gasteiger partial charge in [-0.15, -0.1) is 0 Å². The van der Waals surface area contributed by atoms with E-state index in [4.69, 9.17) is 0 Å². The van der Waals surface area contributed by atoms with Gasteiger partial charge in [-0.2, -0.15) is 16.9 Å². The van der Waals surface area contributed by atoms with Crippen LogP contribution in [0.2, 0.25) is 0 Å². The Bertz CT molecular complexity index is 566. The Labute approximate surface area is 124 Å². The molecular formula is C14H21N5S. The average Bonchev–Trinajstić information content (AvgIpc) is 2.91. The molecule has 1 N–H and O–H groups in total. The van der Waals surface area contributed by atoms with Crippen molar-refractivity contribution in [2.45, 2.75) is 31.3 Å². The fourth-order valence-electron chi connectivity index (χ4n) is 1.73. The molecule has 0 aliphatic heterocycles. The molecule has 2 rings (SSSR count). The van der Waals surface area contributed by atoms with Crippen LogP contribution < -0.4 is 5.32 Å². The lowest BCUT2D eigenvalue weighted by atomic mass is 10.2. The highest BCUT2D eigenvalue weighted by atomic mass is 32.2. The third-order valence-corrected chi connectivity index (χ3v) is 4.43. The third-order valence-electron chi connectivity index (χ3n) is 3.10. The van der Waals surface area contributed by atoms with E-state index < -0.39 is 0 Å². The molecular weight excluding hydrogens is 270 g/mol. The van der Waals surface area contributed by atoms with E-state index in [1.165, 1.54) is 0 Å². The zero-order valence-corrected chi connectivity index (χ0v) is 13.2. The third kappa shape index (κ3) is 3.72. The van der Waals surface area contributed by atoms with Crippen molar-refractivity contribution in [3.63, 3.8) is 0 Å². The van der Waals surface area contributed by atoms with Crippen LogP contribution in [0.4, 0.5) is 5.82 Å². The second-order valence-electron chi connectivity index (χ2n) is 4.74. The summed E-state index contributed by atoms with van der Waals surface area (Å²) in [6.45, 7) is 4.43. The van der Waals surface area contributed by atoms with E-state index in [-0.39, 0.29) is 0 Å². The molecule has 20 heavy (non-hydrogen) atoms. The Morgan fingerprint density at radius 1 is 1.40 bits per heavy atom. The molecule has 5 nitrogen and oxygen atoms in total. The summed E-state index contributed by atoms with van der Waals surface area (Å²) in [5.74, 6) is 2.54. The van der Waals surface area contributed by atoms with E-state index in [0.717, 1.165) is 35.1 Å². The molecule has 2 heterocycles. The summed E-state index contributed by atoms with van der Waals surface area (Å²) in [5.41, 5.74) is 1.93. The Hall–Kier alpha value is -1.56. The first-order valence-electron chi connectivity index (χ1n) is 6.78. The van der Waals surface area contributed by atoms with Gasteiger partial charge < -0.3 is 5.32 Å². The van der Waals surface area contributed by atoms with Crippen molar-refractivity contribution >= 4 is 17.6 Å². The number of thioether (sulfide) groups is 1. The summed E-state index contributed by atoms with van der Waals surface area (Å²) in [6, 6.07) is 1.95. The second kappa shape index (κ2) is 6.74. The van der Waals surface area contributed by atoms with Crippen LogP contribution in [0.3, 0.4) is 0 Å². The van der Waals surface area contributed by atoms with Crippen LogP contribution in [0.1, 0.15) is 26.1 Å². The Morgan fingerprint density at radius 3 is 2.80 bits per heavy atom. The highest BCUT2D eigenvalue weighted by molar-refractivity contribution is 7.99. The van der Waals surface area contributed by atoms with Crippen molar-refractivity contribution in [1.29, 1.82) is 0 Å². The molecule has 0 saturated carbocycles. The largest absolute Gasteiger partial charge is 0.373 e. The van der Waals surface area contributed by atoms with Crippen LogP contribution >= 0.6 is 11.8 Å². The van der Waals surface area contributed by atoms with Crippen LogP contribution in [0.15, 0.2) is 18.5 Å². The highest BCUT2D eigenvalue weighted by Gasteiger charge is 2.09. The van der Waals surface area contributed by atoms with Gasteiger partial charge in [0.25, 0.3) is 0 Å². The van der Waals surface area contributed by atoms with Crippen molar-refractivity contribution in [2.24, 2.45) is 7.05 Å². The SMILES string of the molecule is CCC(C)SCc1nc(NC)cc(-c2cnn(C)c2)n1. The van der Waals surface area contributed by atoms with Gasteiger partial charge in [-0.05, 0) is 6.42 Å². The first kappa shape index (κ1) is 14.8. The molecule has 0 aliphatic rings. The van der Waals surface area contributed by atoms with Gasteiger partial charge in [-0.25, -0.2) is 9.97 Å². The maximum Gasteiger partial charge on any atom is 0.141 e. The van der Waals surface area contributed by atoms with Crippen LogP contribution in [-0.2, 0) is 12.8 Å². The van der Waals surface area contributed by atoms with Gasteiger partial charge in [0.1, 0.15) is 11.6 Å². The fraction of sp³-hybridized carbons (Fsp3) is 0.500. The fourth-order valence-corrected chi connectivity index (χ4v) is 2.52. The molecule has 6 heteroatoms. The zero-order chi connectivity index (χ0) is 14.5. The normalized spacial score (nSPS) is 12.4. The van der Waals surface area contributed by atoms with Gasteiger partial charge in [0, 0.05) is 37.2 Å². The molecule has 0 aliphatic carbocycles. The van der Waals surface area contributed by atoms with Gasteiger partial charge >= 0.3 is 0 Å². The number of nitrogens with one attached hydrogen (secondary N) is 1. The van der Waals surface area contributed by atoms with Gasteiger partial charge in [-0.1, -0.05) is 13.8 Å². The lowest BCUT2D eigenvalue weighted by Gasteiger charge is -2.09. The molecule has 0 radical (unpaired) electrons. The zero-order valence-electron chi connectivity index (χ0n) is 12.4. The Morgan fingerprint density at radius 2 is 2.20 bits per heavy atom. The highest BCUT2D eigenvalue weighted by Crippen LogP contribution is 2.23. The number of nitrogens with zero attached hydrogens (tertiary/aromatic N) is 4. The minimum atomic E-state index is 0.624. The van der Waals surface area contributed by atoms with Crippen LogP contribution in [0, 0.1) is 0 Å². The smallest absolute Gasteiger partial charge is 0.141 e. The molecule has 0 saturated heterocycles. The first-order chi connectivity index (χ1) is 9.62. The molecule has 1 unspecified atom stereocenters. The predicted molar refractivity (Wildman–Crippen MR) is 84.8 cm³/mol. The Balaban J connectivity index is 2.24. The summed E-state index contributed by atoms with van der Waals surface area (Å²) in [5, 5.41) is 7.92. The van der Waals surface area contributed by atoms with Gasteiger partial charge in [0.2, 0.25) is 0 Å². The van der Waals surface area contributed by atoms with E-state index in [9.17, 15) is 0 Å². The summed E-state index contributed by atoms with van der Waals surface area (Å²) in [6.07, 6.45) is 4.95. The van der Waals surface area contributed by atoms with E-state index >= 15 is 0 Å². The molecule has 2 aromatic heterocycles. The molecule has 1 atom stereocenters. The van der Waals surface area contributed by atoms with E-state index in [0.29, 0.717) is 5.25 Å². The number of aromatic nitrogens is 4. The van der Waals surface area contributed by atoms with Crippen molar-refractivity contribution in [2.75, 3.05) is 12.4 Å². The lowest BCUT2D eigenvalue weighted by Crippen LogP contribution is -2.02. The predicted octanol–water partition coefficient (Wildman–Crippen LogP) is 2.95. The summed E-state index contributed by atoms with van der Waals surface area (Å²) in [4.78, 5) is 9.17. The number of aryl methyl sites for hydroxylation is 1. The van der Waals surface area contributed by atoms with E-state index in [1.807, 2.05) is 44.3 Å². The first-order valence-corrected chi connectivity index (χ1v) is 7.83. The van der Waals surface area contributed by atoms with Gasteiger partial charge in [-0.3, -0.25) is 4.68 Å². The molecule has 108 valence electrons. The molecule has 0 spiro atoms.